The molecule has 1 fully saturated rings. The van der Waals surface area contributed by atoms with E-state index in [0.717, 1.165) is 29.7 Å². The predicted molar refractivity (Wildman–Crippen MR) is 148 cm³/mol. The zero-order chi connectivity index (χ0) is 26.6. The lowest BCUT2D eigenvalue weighted by molar-refractivity contribution is -0.161. The van der Waals surface area contributed by atoms with Crippen molar-refractivity contribution in [3.8, 4) is 0 Å². The van der Waals surface area contributed by atoms with Crippen LogP contribution in [0.15, 0.2) is 54.6 Å². The Morgan fingerprint density at radius 3 is 2.06 bits per heavy atom. The highest BCUT2D eigenvalue weighted by Gasteiger charge is 2.38. The second kappa shape index (κ2) is 15.4. The number of benzene rings is 2. The summed E-state index contributed by atoms with van der Waals surface area (Å²) in [7, 11) is 0. The maximum absolute atomic E-state index is 12.9. The third-order valence-corrected chi connectivity index (χ3v) is 6.92. The molecule has 1 heterocycles. The fraction of sp³-hybridized carbons (Fsp3) is 0.481. The minimum atomic E-state index is -0.833. The van der Waals surface area contributed by atoms with Crippen molar-refractivity contribution in [3.05, 3.63) is 70.2 Å². The predicted octanol–water partition coefficient (Wildman–Crippen LogP) is 7.37. The van der Waals surface area contributed by atoms with Gasteiger partial charge in [0.05, 0.1) is 12.6 Å². The van der Waals surface area contributed by atoms with Gasteiger partial charge in [0.25, 0.3) is 11.9 Å². The van der Waals surface area contributed by atoms with E-state index in [9.17, 15) is 4.79 Å². The zero-order valence-corrected chi connectivity index (χ0v) is 23.7. The van der Waals surface area contributed by atoms with Crippen molar-refractivity contribution in [1.82, 2.24) is 4.90 Å². The highest BCUT2D eigenvalue weighted by atomic mass is 35.5. The van der Waals surface area contributed by atoms with Gasteiger partial charge in [0.1, 0.15) is 6.10 Å². The molecular formula is C27H37Cl2NO4S. The molecule has 0 spiro atoms. The average Bonchev–Trinajstić information content (AvgIpc) is 2.77. The number of carboxylic acid groups (broad SMARTS) is 1. The number of morpholine rings is 1. The lowest BCUT2D eigenvalue weighted by atomic mass is 10.0. The molecule has 3 atom stereocenters. The fourth-order valence-corrected chi connectivity index (χ4v) is 4.64. The number of carbonyl (C=O) groups is 2. The molecule has 0 aliphatic carbocycles. The van der Waals surface area contributed by atoms with Crippen molar-refractivity contribution in [1.29, 1.82) is 0 Å². The van der Waals surface area contributed by atoms with E-state index >= 15 is 0 Å². The third-order valence-electron chi connectivity index (χ3n) is 5.00. The number of hydrogen-bond donors (Lipinski definition) is 1. The molecule has 2 aromatic carbocycles. The van der Waals surface area contributed by atoms with Gasteiger partial charge in [0, 0.05) is 33.5 Å². The Balaban J connectivity index is 0.000000458. The van der Waals surface area contributed by atoms with E-state index in [1.54, 1.807) is 0 Å². The number of carbonyl (C=O) groups excluding carboxylic acids is 1. The molecule has 2 aromatic rings. The number of thioether (sulfide) groups is 1. The molecule has 194 valence electrons. The maximum Gasteiger partial charge on any atom is 0.300 e. The molecule has 1 aliphatic heterocycles. The molecule has 1 aliphatic rings. The molecule has 35 heavy (non-hydrogen) atoms. The molecule has 0 aromatic heterocycles. The van der Waals surface area contributed by atoms with Gasteiger partial charge >= 0.3 is 0 Å². The normalized spacial score (nSPS) is 18.5. The minimum absolute atomic E-state index is 0.0449. The Bertz CT molecular complexity index is 900. The summed E-state index contributed by atoms with van der Waals surface area (Å²) in [5.41, 5.74) is 1.08. The van der Waals surface area contributed by atoms with E-state index < -0.39 is 5.97 Å². The van der Waals surface area contributed by atoms with E-state index in [2.05, 4.69) is 32.6 Å². The van der Waals surface area contributed by atoms with Crippen LogP contribution in [0.5, 0.6) is 0 Å². The van der Waals surface area contributed by atoms with Gasteiger partial charge in [-0.25, -0.2) is 0 Å². The van der Waals surface area contributed by atoms with Crippen LogP contribution >= 0.6 is 35.0 Å². The lowest BCUT2D eigenvalue weighted by Gasteiger charge is -2.43. The van der Waals surface area contributed by atoms with E-state index in [0.29, 0.717) is 11.6 Å². The van der Waals surface area contributed by atoms with Gasteiger partial charge in [-0.15, -0.1) is 0 Å². The van der Waals surface area contributed by atoms with Crippen molar-refractivity contribution < 1.29 is 19.4 Å². The van der Waals surface area contributed by atoms with Gasteiger partial charge in [0.15, 0.2) is 0 Å². The van der Waals surface area contributed by atoms with Gasteiger partial charge in [-0.2, -0.15) is 11.8 Å². The van der Waals surface area contributed by atoms with Crippen LogP contribution in [0.25, 0.3) is 0 Å². The third kappa shape index (κ3) is 12.2. The number of carboxylic acids is 1. The molecule has 0 saturated carbocycles. The number of nitrogens with zero attached hydrogens (tertiary/aromatic N) is 1. The first-order valence-corrected chi connectivity index (χ1v) is 13.3. The molecule has 3 rings (SSSR count). The zero-order valence-electron chi connectivity index (χ0n) is 21.3. The Labute approximate surface area is 224 Å². The van der Waals surface area contributed by atoms with Crippen molar-refractivity contribution >= 4 is 46.8 Å². The maximum atomic E-state index is 12.9. The SMILES string of the molecule is CC(=O)O.CCC(CSC(C)(C)C)N1C(=O)C(C)OCC1c1ccc(Cl)cc1.Clc1ccccc1. The summed E-state index contributed by atoms with van der Waals surface area (Å²) in [5, 5.41) is 8.92. The van der Waals surface area contributed by atoms with Crippen LogP contribution in [0.4, 0.5) is 0 Å². The number of halogens is 2. The van der Waals surface area contributed by atoms with Gasteiger partial charge in [-0.1, -0.05) is 81.2 Å². The second-order valence-corrected chi connectivity index (χ2v) is 11.8. The largest absolute Gasteiger partial charge is 0.481 e. The Kier molecular flexibility index (Phi) is 13.8. The molecule has 8 heteroatoms. The van der Waals surface area contributed by atoms with Crippen molar-refractivity contribution in [2.75, 3.05) is 12.4 Å². The number of aliphatic carboxylic acids is 1. The number of hydrogen-bond acceptors (Lipinski definition) is 4. The summed E-state index contributed by atoms with van der Waals surface area (Å²) < 4.78 is 5.91. The molecule has 1 amide bonds. The smallest absolute Gasteiger partial charge is 0.300 e. The number of amides is 1. The minimum Gasteiger partial charge on any atom is -0.481 e. The quantitative estimate of drug-likeness (QED) is 0.427. The molecule has 3 unspecified atom stereocenters. The van der Waals surface area contributed by atoms with Gasteiger partial charge in [0.2, 0.25) is 0 Å². The summed E-state index contributed by atoms with van der Waals surface area (Å²) in [6.07, 6.45) is 0.563. The summed E-state index contributed by atoms with van der Waals surface area (Å²) in [6.45, 7) is 12.3. The topological polar surface area (TPSA) is 66.8 Å². The summed E-state index contributed by atoms with van der Waals surface area (Å²) in [4.78, 5) is 23.9. The monoisotopic (exact) mass is 541 g/mol. The highest BCUT2D eigenvalue weighted by molar-refractivity contribution is 8.00. The summed E-state index contributed by atoms with van der Waals surface area (Å²) in [5.74, 6) is 0.185. The van der Waals surface area contributed by atoms with Crippen molar-refractivity contribution in [2.24, 2.45) is 0 Å². The molecular weight excluding hydrogens is 505 g/mol. The van der Waals surface area contributed by atoms with Crippen LogP contribution in [-0.4, -0.2) is 51.1 Å². The molecule has 0 bridgehead atoms. The van der Waals surface area contributed by atoms with Crippen LogP contribution in [0.1, 0.15) is 59.6 Å². The van der Waals surface area contributed by atoms with Gasteiger partial charge in [-0.05, 0) is 43.2 Å². The highest BCUT2D eigenvalue weighted by Crippen LogP contribution is 2.34. The van der Waals surface area contributed by atoms with Gasteiger partial charge in [-0.3, -0.25) is 9.59 Å². The molecule has 5 nitrogen and oxygen atoms in total. The molecule has 0 radical (unpaired) electrons. The van der Waals surface area contributed by atoms with E-state index in [4.69, 9.17) is 37.8 Å². The molecule has 1 saturated heterocycles. The first kappa shape index (κ1) is 31.3. The van der Waals surface area contributed by atoms with Crippen LogP contribution < -0.4 is 0 Å². The lowest BCUT2D eigenvalue weighted by Crippen LogP contribution is -2.53. The second-order valence-electron chi connectivity index (χ2n) is 9.09. The summed E-state index contributed by atoms with van der Waals surface area (Å²) >= 11 is 13.5. The van der Waals surface area contributed by atoms with E-state index in [1.165, 1.54) is 0 Å². The molecule has 1 N–H and O–H groups in total. The van der Waals surface area contributed by atoms with Crippen LogP contribution in [0.2, 0.25) is 10.0 Å². The average molecular weight is 543 g/mol. The van der Waals surface area contributed by atoms with E-state index in [-0.39, 0.29) is 28.8 Å². The number of ether oxygens (including phenoxy) is 1. The van der Waals surface area contributed by atoms with Crippen molar-refractivity contribution in [3.63, 3.8) is 0 Å². The standard InChI is InChI=1S/C19H28ClNO2S.C6H5Cl.C2H4O2/c1-6-16(12-24-19(3,4)5)21-17(11-23-13(2)18(21)22)14-7-9-15(20)10-8-14;7-6-4-2-1-3-5-6;1-2(3)4/h7-10,13,16-17H,6,11-12H2,1-5H3;1-5H;1H3,(H,3,4). The fourth-order valence-electron chi connectivity index (χ4n) is 3.28. The number of rotatable bonds is 5. The van der Waals surface area contributed by atoms with E-state index in [1.807, 2.05) is 73.3 Å². The first-order valence-electron chi connectivity index (χ1n) is 11.6. The van der Waals surface area contributed by atoms with Crippen LogP contribution in [0, 0.1) is 0 Å². The summed E-state index contributed by atoms with van der Waals surface area (Å²) in [6, 6.07) is 17.3. The Morgan fingerprint density at radius 1 is 1.11 bits per heavy atom. The van der Waals surface area contributed by atoms with Crippen LogP contribution in [-0.2, 0) is 14.3 Å². The van der Waals surface area contributed by atoms with Gasteiger partial charge < -0.3 is 14.7 Å². The Hall–Kier alpha value is -1.73. The van der Waals surface area contributed by atoms with Crippen molar-refractivity contribution in [2.45, 2.75) is 70.9 Å². The Morgan fingerprint density at radius 2 is 1.63 bits per heavy atom. The first-order chi connectivity index (χ1) is 16.4. The van der Waals surface area contributed by atoms with Crippen LogP contribution in [0.3, 0.4) is 0 Å².